The standard InChI is InChI=1S/C32H36N2O6/c1-20(26-19-33-27-12-8-7-11-25(26)27)31(36)34-32(37)24-15-21(10-6-5-9-13-35)14-22(16-24)23-17-28(38-2)30(40-4)29(18-23)39-3/h6-8,10-12,14-20,31,33,35-36H,5,9,13H2,1-4H3,(H,34,37)/b10-6-/t20?,31-/m1/s1. The third kappa shape index (κ3) is 6.30. The number of para-hydroxylation sites is 1. The minimum atomic E-state index is -1.11. The summed E-state index contributed by atoms with van der Waals surface area (Å²) in [6.07, 6.45) is 5.98. The number of amides is 1. The van der Waals surface area contributed by atoms with Crippen molar-refractivity contribution in [1.82, 2.24) is 10.3 Å². The maximum absolute atomic E-state index is 13.4. The number of benzene rings is 3. The number of aliphatic hydroxyl groups excluding tert-OH is 2. The molecule has 0 spiro atoms. The molecule has 0 aliphatic heterocycles. The summed E-state index contributed by atoms with van der Waals surface area (Å²) >= 11 is 0. The van der Waals surface area contributed by atoms with Gasteiger partial charge in [-0.15, -0.1) is 0 Å². The van der Waals surface area contributed by atoms with Gasteiger partial charge in [-0.05, 0) is 71.5 Å². The molecule has 4 rings (SSSR count). The van der Waals surface area contributed by atoms with E-state index in [0.717, 1.165) is 33.2 Å². The van der Waals surface area contributed by atoms with Gasteiger partial charge in [0.25, 0.3) is 5.91 Å². The maximum atomic E-state index is 13.4. The van der Waals surface area contributed by atoms with Crippen molar-refractivity contribution < 1.29 is 29.2 Å². The first-order valence-corrected chi connectivity index (χ1v) is 13.2. The molecule has 4 N–H and O–H groups in total. The number of carbonyl (C=O) groups excluding carboxylic acids is 1. The van der Waals surface area contributed by atoms with Crippen LogP contribution in [0.15, 0.2) is 66.9 Å². The number of rotatable bonds is 12. The molecular formula is C32H36N2O6. The zero-order valence-corrected chi connectivity index (χ0v) is 23.2. The number of fused-ring (bicyclic) bond motifs is 1. The van der Waals surface area contributed by atoms with E-state index in [1.54, 1.807) is 33.5 Å². The van der Waals surface area contributed by atoms with Crippen LogP contribution in [0.1, 0.15) is 47.2 Å². The molecule has 0 fully saturated rings. The van der Waals surface area contributed by atoms with Crippen molar-refractivity contribution in [3.05, 3.63) is 83.6 Å². The quantitative estimate of drug-likeness (QED) is 0.138. The molecule has 8 heteroatoms. The van der Waals surface area contributed by atoms with Crippen molar-refractivity contribution >= 4 is 22.9 Å². The molecule has 1 heterocycles. The first kappa shape index (κ1) is 28.7. The molecule has 1 unspecified atom stereocenters. The van der Waals surface area contributed by atoms with Gasteiger partial charge < -0.3 is 34.7 Å². The Bertz CT molecular complexity index is 1470. The summed E-state index contributed by atoms with van der Waals surface area (Å²) < 4.78 is 16.5. The average molecular weight is 545 g/mol. The van der Waals surface area contributed by atoms with Crippen LogP contribution in [0.2, 0.25) is 0 Å². The van der Waals surface area contributed by atoms with E-state index < -0.39 is 12.1 Å². The Balaban J connectivity index is 1.67. The van der Waals surface area contributed by atoms with E-state index >= 15 is 0 Å². The molecule has 1 aromatic heterocycles. The summed E-state index contributed by atoms with van der Waals surface area (Å²) in [7, 11) is 4.65. The van der Waals surface area contributed by atoms with Crippen LogP contribution in [-0.2, 0) is 0 Å². The molecule has 0 bridgehead atoms. The smallest absolute Gasteiger partial charge is 0.253 e. The Morgan fingerprint density at radius 2 is 1.70 bits per heavy atom. The fraction of sp³-hybridized carbons (Fsp3) is 0.281. The molecule has 3 aromatic carbocycles. The highest BCUT2D eigenvalue weighted by atomic mass is 16.5. The number of aromatic amines is 1. The summed E-state index contributed by atoms with van der Waals surface area (Å²) in [6.45, 7) is 1.98. The largest absolute Gasteiger partial charge is 0.493 e. The van der Waals surface area contributed by atoms with E-state index in [9.17, 15) is 9.90 Å². The van der Waals surface area contributed by atoms with Crippen LogP contribution in [-0.4, -0.2) is 55.3 Å². The molecule has 1 amide bonds. The Hall–Kier alpha value is -4.27. The van der Waals surface area contributed by atoms with Gasteiger partial charge in [0.15, 0.2) is 11.5 Å². The van der Waals surface area contributed by atoms with Crippen molar-refractivity contribution in [2.45, 2.75) is 31.9 Å². The number of carbonyl (C=O) groups is 1. The van der Waals surface area contributed by atoms with Crippen LogP contribution in [0.3, 0.4) is 0 Å². The summed E-state index contributed by atoms with van der Waals surface area (Å²) in [5, 5.41) is 23.9. The third-order valence-electron chi connectivity index (χ3n) is 6.92. The second-order valence-electron chi connectivity index (χ2n) is 9.52. The van der Waals surface area contributed by atoms with Gasteiger partial charge in [0.05, 0.1) is 21.3 Å². The highest BCUT2D eigenvalue weighted by Crippen LogP contribution is 2.41. The number of hydrogen-bond donors (Lipinski definition) is 4. The van der Waals surface area contributed by atoms with E-state index in [1.165, 1.54) is 0 Å². The van der Waals surface area contributed by atoms with Crippen LogP contribution in [0.25, 0.3) is 28.1 Å². The van der Waals surface area contributed by atoms with Gasteiger partial charge in [0, 0.05) is 35.2 Å². The lowest BCUT2D eigenvalue weighted by Gasteiger charge is -2.20. The molecule has 2 atom stereocenters. The summed E-state index contributed by atoms with van der Waals surface area (Å²) in [5.74, 6) is 0.709. The minimum absolute atomic E-state index is 0.107. The van der Waals surface area contributed by atoms with Gasteiger partial charge in [-0.25, -0.2) is 0 Å². The molecule has 8 nitrogen and oxygen atoms in total. The third-order valence-corrected chi connectivity index (χ3v) is 6.92. The zero-order valence-electron chi connectivity index (χ0n) is 23.2. The van der Waals surface area contributed by atoms with Crippen LogP contribution < -0.4 is 19.5 Å². The molecule has 40 heavy (non-hydrogen) atoms. The van der Waals surface area contributed by atoms with Crippen molar-refractivity contribution in [3.8, 4) is 28.4 Å². The van der Waals surface area contributed by atoms with Gasteiger partial charge in [0.2, 0.25) is 5.75 Å². The highest BCUT2D eigenvalue weighted by Gasteiger charge is 2.22. The number of aliphatic hydroxyl groups is 2. The topological polar surface area (TPSA) is 113 Å². The maximum Gasteiger partial charge on any atom is 0.253 e. The molecule has 0 saturated heterocycles. The second kappa shape index (κ2) is 13.2. The zero-order chi connectivity index (χ0) is 28.6. The molecule has 0 saturated carbocycles. The molecule has 210 valence electrons. The summed E-state index contributed by atoms with van der Waals surface area (Å²) in [6, 6.07) is 17.0. The van der Waals surface area contributed by atoms with E-state index in [-0.39, 0.29) is 12.5 Å². The first-order valence-electron chi connectivity index (χ1n) is 13.2. The van der Waals surface area contributed by atoms with Crippen molar-refractivity contribution in [2.75, 3.05) is 27.9 Å². The van der Waals surface area contributed by atoms with Gasteiger partial charge in [-0.1, -0.05) is 37.3 Å². The number of nitrogens with one attached hydrogen (secondary N) is 2. The van der Waals surface area contributed by atoms with Crippen LogP contribution in [0.5, 0.6) is 17.2 Å². The van der Waals surface area contributed by atoms with Gasteiger partial charge in [0.1, 0.15) is 6.23 Å². The Morgan fingerprint density at radius 1 is 1.00 bits per heavy atom. The summed E-state index contributed by atoms with van der Waals surface area (Å²) in [5.41, 5.74) is 4.60. The Morgan fingerprint density at radius 3 is 2.38 bits per heavy atom. The number of aromatic nitrogens is 1. The molecule has 4 aromatic rings. The van der Waals surface area contributed by atoms with Gasteiger partial charge >= 0.3 is 0 Å². The Kier molecular flexibility index (Phi) is 9.47. The van der Waals surface area contributed by atoms with Crippen molar-refractivity contribution in [3.63, 3.8) is 0 Å². The van der Waals surface area contributed by atoms with Gasteiger partial charge in [-0.3, -0.25) is 4.79 Å². The fourth-order valence-electron chi connectivity index (χ4n) is 4.71. The first-order chi connectivity index (χ1) is 19.4. The van der Waals surface area contributed by atoms with Crippen LogP contribution >= 0.6 is 0 Å². The van der Waals surface area contributed by atoms with Crippen molar-refractivity contribution in [2.24, 2.45) is 0 Å². The number of ether oxygens (including phenoxy) is 3. The normalized spacial score (nSPS) is 12.8. The highest BCUT2D eigenvalue weighted by molar-refractivity contribution is 5.96. The van der Waals surface area contributed by atoms with E-state index in [0.29, 0.717) is 35.7 Å². The van der Waals surface area contributed by atoms with E-state index in [2.05, 4.69) is 10.3 Å². The summed E-state index contributed by atoms with van der Waals surface area (Å²) in [4.78, 5) is 16.7. The predicted octanol–water partition coefficient (Wildman–Crippen LogP) is 5.50. The van der Waals surface area contributed by atoms with Crippen molar-refractivity contribution in [1.29, 1.82) is 0 Å². The van der Waals surface area contributed by atoms with Gasteiger partial charge in [-0.2, -0.15) is 0 Å². The number of unbranched alkanes of at least 4 members (excludes halogenated alkanes) is 1. The number of hydrogen-bond acceptors (Lipinski definition) is 6. The van der Waals surface area contributed by atoms with Crippen LogP contribution in [0.4, 0.5) is 0 Å². The van der Waals surface area contributed by atoms with E-state index in [4.69, 9.17) is 19.3 Å². The number of H-pyrrole nitrogens is 1. The second-order valence-corrected chi connectivity index (χ2v) is 9.52. The van der Waals surface area contributed by atoms with E-state index in [1.807, 2.05) is 67.7 Å². The molecular weight excluding hydrogens is 508 g/mol. The lowest BCUT2D eigenvalue weighted by molar-refractivity contribution is 0.0728. The Labute approximate surface area is 234 Å². The molecule has 0 aliphatic rings. The monoisotopic (exact) mass is 544 g/mol. The lowest BCUT2D eigenvalue weighted by Crippen LogP contribution is -2.38. The van der Waals surface area contributed by atoms with Crippen LogP contribution in [0, 0.1) is 0 Å². The number of allylic oxidation sites excluding steroid dienone is 1. The molecule has 0 aliphatic carbocycles. The lowest BCUT2D eigenvalue weighted by atomic mass is 9.97. The SMILES string of the molecule is COc1cc(-c2cc(/C=C\CCCO)cc(C(=O)N[C@H](O)C(C)c3c[nH]c4ccccc34)c2)cc(OC)c1OC. The molecule has 0 radical (unpaired) electrons. The fourth-order valence-corrected chi connectivity index (χ4v) is 4.71. The predicted molar refractivity (Wildman–Crippen MR) is 157 cm³/mol. The number of methoxy groups -OCH3 is 3. The minimum Gasteiger partial charge on any atom is -0.493 e. The average Bonchev–Trinajstić information content (AvgIpc) is 3.42.